The number of Topliss-reactive ketones (excluding diaryl/α,β-unsaturated/α-hetero) is 1. The zero-order chi connectivity index (χ0) is 14.8. The van der Waals surface area contributed by atoms with Gasteiger partial charge in [-0.2, -0.15) is 0 Å². The Morgan fingerprint density at radius 1 is 1.19 bits per heavy atom. The molecule has 0 saturated carbocycles. The third-order valence-electron chi connectivity index (χ3n) is 3.39. The molecule has 0 atom stereocenters. The molecule has 1 heterocycles. The maximum absolute atomic E-state index is 11.6. The third kappa shape index (κ3) is 2.56. The van der Waals surface area contributed by atoms with Crippen molar-refractivity contribution < 1.29 is 4.79 Å². The number of aromatic nitrogens is 1. The molecule has 0 amide bonds. The summed E-state index contributed by atoms with van der Waals surface area (Å²) in [6, 6.07) is 13.3. The monoisotopic (exact) mass is 277 g/mol. The van der Waals surface area contributed by atoms with Gasteiger partial charge in [-0.25, -0.2) is 0 Å². The molecular formula is C17H15N3O. The van der Waals surface area contributed by atoms with Crippen molar-refractivity contribution in [2.24, 2.45) is 0 Å². The number of hydrogen-bond donors (Lipinski definition) is 2. The summed E-state index contributed by atoms with van der Waals surface area (Å²) in [6.45, 7) is 1.51. The van der Waals surface area contributed by atoms with Gasteiger partial charge in [0.2, 0.25) is 0 Å². The highest BCUT2D eigenvalue weighted by atomic mass is 16.1. The van der Waals surface area contributed by atoms with E-state index in [1.807, 2.05) is 36.5 Å². The van der Waals surface area contributed by atoms with E-state index in [9.17, 15) is 4.79 Å². The summed E-state index contributed by atoms with van der Waals surface area (Å²) in [7, 11) is 0. The van der Waals surface area contributed by atoms with Crippen LogP contribution in [0.25, 0.3) is 10.8 Å². The second kappa shape index (κ2) is 5.25. The van der Waals surface area contributed by atoms with E-state index in [1.54, 1.807) is 18.3 Å². The average molecular weight is 277 g/mol. The maximum Gasteiger partial charge on any atom is 0.161 e. The number of carbonyl (C=O) groups is 1. The minimum absolute atomic E-state index is 0.0433. The molecule has 4 heteroatoms. The molecule has 0 radical (unpaired) electrons. The number of nitrogen functional groups attached to an aromatic ring is 1. The number of fused-ring (bicyclic) bond motifs is 1. The first-order valence-corrected chi connectivity index (χ1v) is 6.65. The third-order valence-corrected chi connectivity index (χ3v) is 3.39. The van der Waals surface area contributed by atoms with Gasteiger partial charge in [-0.15, -0.1) is 0 Å². The minimum Gasteiger partial charge on any atom is -0.398 e. The highest BCUT2D eigenvalue weighted by Gasteiger charge is 2.07. The Morgan fingerprint density at radius 3 is 2.86 bits per heavy atom. The van der Waals surface area contributed by atoms with Crippen LogP contribution in [0.3, 0.4) is 0 Å². The predicted octanol–water partition coefficient (Wildman–Crippen LogP) is 3.76. The van der Waals surface area contributed by atoms with Gasteiger partial charge in [0, 0.05) is 45.8 Å². The van der Waals surface area contributed by atoms with E-state index in [2.05, 4.69) is 10.3 Å². The van der Waals surface area contributed by atoms with E-state index in [-0.39, 0.29) is 5.78 Å². The predicted molar refractivity (Wildman–Crippen MR) is 85.9 cm³/mol. The van der Waals surface area contributed by atoms with Crippen LogP contribution in [0.4, 0.5) is 17.1 Å². The molecule has 0 fully saturated rings. The molecule has 3 aromatic rings. The van der Waals surface area contributed by atoms with E-state index in [0.717, 1.165) is 22.1 Å². The number of anilines is 3. The smallest absolute Gasteiger partial charge is 0.161 e. The van der Waals surface area contributed by atoms with Crippen molar-refractivity contribution in [3.63, 3.8) is 0 Å². The van der Waals surface area contributed by atoms with Gasteiger partial charge in [0.1, 0.15) is 0 Å². The van der Waals surface area contributed by atoms with Crippen molar-refractivity contribution in [1.29, 1.82) is 0 Å². The summed E-state index contributed by atoms with van der Waals surface area (Å²) in [5.74, 6) is -0.0433. The lowest BCUT2D eigenvalue weighted by Gasteiger charge is -2.11. The highest BCUT2D eigenvalue weighted by Crippen LogP contribution is 2.27. The Kier molecular flexibility index (Phi) is 3.28. The summed E-state index contributed by atoms with van der Waals surface area (Å²) in [5.41, 5.74) is 8.64. The molecule has 1 aromatic heterocycles. The first kappa shape index (κ1) is 13.1. The van der Waals surface area contributed by atoms with Crippen LogP contribution in [0, 0.1) is 0 Å². The van der Waals surface area contributed by atoms with Gasteiger partial charge < -0.3 is 11.1 Å². The lowest BCUT2D eigenvalue weighted by molar-refractivity contribution is 0.101. The molecule has 3 rings (SSSR count). The summed E-state index contributed by atoms with van der Waals surface area (Å²) < 4.78 is 0. The zero-order valence-corrected chi connectivity index (χ0v) is 11.6. The van der Waals surface area contributed by atoms with E-state index >= 15 is 0 Å². The Bertz CT molecular complexity index is 822. The lowest BCUT2D eigenvalue weighted by atomic mass is 10.1. The van der Waals surface area contributed by atoms with Gasteiger partial charge in [0.25, 0.3) is 0 Å². The second-order valence-electron chi connectivity index (χ2n) is 4.89. The molecule has 0 aliphatic rings. The lowest BCUT2D eigenvalue weighted by Crippen LogP contribution is -2.01. The van der Waals surface area contributed by atoms with E-state index < -0.39 is 0 Å². The van der Waals surface area contributed by atoms with Crippen molar-refractivity contribution >= 4 is 33.6 Å². The maximum atomic E-state index is 11.6. The van der Waals surface area contributed by atoms with Crippen LogP contribution in [-0.2, 0) is 0 Å². The average Bonchev–Trinajstić information content (AvgIpc) is 2.49. The van der Waals surface area contributed by atoms with Gasteiger partial charge >= 0.3 is 0 Å². The van der Waals surface area contributed by atoms with Crippen molar-refractivity contribution in [2.45, 2.75) is 6.92 Å². The van der Waals surface area contributed by atoms with Crippen molar-refractivity contribution in [2.75, 3.05) is 11.1 Å². The Hall–Kier alpha value is -2.88. The van der Waals surface area contributed by atoms with Crippen molar-refractivity contribution in [3.05, 3.63) is 60.4 Å². The fraction of sp³-hybridized carbons (Fsp3) is 0.0588. The fourth-order valence-electron chi connectivity index (χ4n) is 2.33. The molecule has 0 spiro atoms. The molecule has 0 bridgehead atoms. The normalized spacial score (nSPS) is 10.5. The molecule has 0 aliphatic carbocycles. The van der Waals surface area contributed by atoms with Gasteiger partial charge in [0.05, 0.1) is 0 Å². The van der Waals surface area contributed by atoms with Crippen LogP contribution in [0.15, 0.2) is 54.9 Å². The van der Waals surface area contributed by atoms with E-state index in [0.29, 0.717) is 11.3 Å². The van der Waals surface area contributed by atoms with Gasteiger partial charge in [0.15, 0.2) is 5.78 Å². The number of hydrogen-bond acceptors (Lipinski definition) is 4. The summed E-state index contributed by atoms with van der Waals surface area (Å²) >= 11 is 0. The van der Waals surface area contributed by atoms with Crippen LogP contribution in [0.1, 0.15) is 17.3 Å². The highest BCUT2D eigenvalue weighted by molar-refractivity contribution is 6.01. The van der Waals surface area contributed by atoms with Crippen LogP contribution in [0.2, 0.25) is 0 Å². The molecule has 4 nitrogen and oxygen atoms in total. The number of nitrogens with two attached hydrogens (primary N) is 1. The number of rotatable bonds is 3. The largest absolute Gasteiger partial charge is 0.398 e. The second-order valence-corrected chi connectivity index (χ2v) is 4.89. The molecule has 0 saturated heterocycles. The fourth-order valence-corrected chi connectivity index (χ4v) is 2.33. The summed E-state index contributed by atoms with van der Waals surface area (Å²) in [4.78, 5) is 15.7. The first-order valence-electron chi connectivity index (χ1n) is 6.65. The minimum atomic E-state index is -0.0433. The standard InChI is InChI=1S/C17H15N3O/c1-11(21)15-9-13(5-6-16(15)18)20-17-4-2-3-12-10-19-8-7-14(12)17/h2-10,20H,18H2,1H3. The van der Waals surface area contributed by atoms with E-state index in [1.165, 1.54) is 6.92 Å². The van der Waals surface area contributed by atoms with Crippen molar-refractivity contribution in [1.82, 2.24) is 4.98 Å². The van der Waals surface area contributed by atoms with Crippen LogP contribution in [-0.4, -0.2) is 10.8 Å². The SMILES string of the molecule is CC(=O)c1cc(Nc2cccc3cnccc23)ccc1N. The zero-order valence-electron chi connectivity index (χ0n) is 11.6. The molecule has 2 aromatic carbocycles. The van der Waals surface area contributed by atoms with Gasteiger partial charge in [-0.1, -0.05) is 12.1 Å². The first-order chi connectivity index (χ1) is 10.1. The Balaban J connectivity index is 2.03. The number of carbonyl (C=O) groups excluding carboxylic acids is 1. The quantitative estimate of drug-likeness (QED) is 0.565. The van der Waals surface area contributed by atoms with E-state index in [4.69, 9.17) is 5.73 Å². The number of nitrogens with zero attached hydrogens (tertiary/aromatic N) is 1. The number of benzene rings is 2. The van der Waals surface area contributed by atoms with Gasteiger partial charge in [-0.3, -0.25) is 9.78 Å². The molecule has 21 heavy (non-hydrogen) atoms. The Morgan fingerprint density at radius 2 is 2.05 bits per heavy atom. The molecule has 104 valence electrons. The van der Waals surface area contributed by atoms with Crippen LogP contribution in [0.5, 0.6) is 0 Å². The summed E-state index contributed by atoms with van der Waals surface area (Å²) in [5, 5.41) is 5.47. The number of pyridine rings is 1. The molecule has 0 aliphatic heterocycles. The summed E-state index contributed by atoms with van der Waals surface area (Å²) in [6.07, 6.45) is 3.59. The van der Waals surface area contributed by atoms with Gasteiger partial charge in [-0.05, 0) is 37.3 Å². The topological polar surface area (TPSA) is 68.0 Å². The molecule has 0 unspecified atom stereocenters. The molecular weight excluding hydrogens is 262 g/mol. The van der Waals surface area contributed by atoms with Crippen molar-refractivity contribution in [3.8, 4) is 0 Å². The Labute approximate surface area is 122 Å². The van der Waals surface area contributed by atoms with Crippen LogP contribution < -0.4 is 11.1 Å². The van der Waals surface area contributed by atoms with Crippen LogP contribution >= 0.6 is 0 Å². The number of nitrogens with one attached hydrogen (secondary N) is 1. The molecule has 3 N–H and O–H groups in total. The number of ketones is 1.